The third-order valence-electron chi connectivity index (χ3n) is 4.65. The second kappa shape index (κ2) is 7.60. The van der Waals surface area contributed by atoms with Crippen LogP contribution in [0.4, 0.5) is 11.4 Å². The van der Waals surface area contributed by atoms with Gasteiger partial charge in [-0.3, -0.25) is 9.59 Å². The molecule has 3 aromatic carbocycles. The summed E-state index contributed by atoms with van der Waals surface area (Å²) >= 11 is 0. The molecule has 1 saturated heterocycles. The van der Waals surface area contributed by atoms with Crippen LogP contribution in [0.2, 0.25) is 0 Å². The lowest BCUT2D eigenvalue weighted by Gasteiger charge is -2.12. The summed E-state index contributed by atoms with van der Waals surface area (Å²) in [5.41, 5.74) is 1.82. The van der Waals surface area contributed by atoms with Gasteiger partial charge in [-0.25, -0.2) is 0 Å². The minimum Gasteiger partial charge on any atom is -0.368 e. The standard InChI is InChI=1S/C22H20N2O3/c25-21(24-19-11-4-7-15-6-1-2-10-18(15)19)16-8-3-9-17(14-16)23-22(26)20-12-5-13-27-20/h1-4,6-11,14,20H,5,12-13H2,(H,23,26)(H,24,25)/t20-/m1/s1. The van der Waals surface area contributed by atoms with Crippen LogP contribution in [-0.4, -0.2) is 24.5 Å². The normalized spacial score (nSPS) is 16.2. The lowest BCUT2D eigenvalue weighted by atomic mass is 10.1. The Morgan fingerprint density at radius 3 is 2.59 bits per heavy atom. The average molecular weight is 360 g/mol. The number of benzene rings is 3. The van der Waals surface area contributed by atoms with Crippen molar-refractivity contribution in [2.45, 2.75) is 18.9 Å². The van der Waals surface area contributed by atoms with Crippen molar-refractivity contribution in [2.75, 3.05) is 17.2 Å². The number of fused-ring (bicyclic) bond motifs is 1. The average Bonchev–Trinajstić information content (AvgIpc) is 3.23. The number of carbonyl (C=O) groups excluding carboxylic acids is 2. The van der Waals surface area contributed by atoms with Crippen LogP contribution in [0.1, 0.15) is 23.2 Å². The summed E-state index contributed by atoms with van der Waals surface area (Å²) in [6.07, 6.45) is 1.22. The first-order valence-electron chi connectivity index (χ1n) is 9.02. The molecule has 0 aromatic heterocycles. The molecule has 1 aliphatic rings. The summed E-state index contributed by atoms with van der Waals surface area (Å²) in [5.74, 6) is -0.390. The largest absolute Gasteiger partial charge is 0.368 e. The van der Waals surface area contributed by atoms with E-state index in [4.69, 9.17) is 4.74 Å². The van der Waals surface area contributed by atoms with E-state index in [9.17, 15) is 9.59 Å². The SMILES string of the molecule is O=C(Nc1cccc2ccccc12)c1cccc(NC(=O)[C@H]2CCCO2)c1. The number of hydrogen-bond acceptors (Lipinski definition) is 3. The molecule has 0 radical (unpaired) electrons. The Labute approximate surface area is 157 Å². The molecule has 2 amide bonds. The van der Waals surface area contributed by atoms with E-state index in [0.29, 0.717) is 17.9 Å². The molecule has 1 heterocycles. The first kappa shape index (κ1) is 17.2. The van der Waals surface area contributed by atoms with Gasteiger partial charge in [-0.2, -0.15) is 0 Å². The van der Waals surface area contributed by atoms with E-state index in [0.717, 1.165) is 29.3 Å². The van der Waals surface area contributed by atoms with Crippen LogP contribution in [0.5, 0.6) is 0 Å². The Hall–Kier alpha value is -3.18. The number of hydrogen-bond donors (Lipinski definition) is 2. The van der Waals surface area contributed by atoms with E-state index in [2.05, 4.69) is 10.6 Å². The van der Waals surface area contributed by atoms with Gasteiger partial charge in [-0.1, -0.05) is 42.5 Å². The molecule has 5 nitrogen and oxygen atoms in total. The van der Waals surface area contributed by atoms with E-state index in [1.165, 1.54) is 0 Å². The highest BCUT2D eigenvalue weighted by Gasteiger charge is 2.23. The minimum atomic E-state index is -0.404. The van der Waals surface area contributed by atoms with Crippen LogP contribution in [-0.2, 0) is 9.53 Å². The fourth-order valence-corrected chi connectivity index (χ4v) is 3.27. The van der Waals surface area contributed by atoms with Crippen molar-refractivity contribution in [3.05, 3.63) is 72.3 Å². The van der Waals surface area contributed by atoms with Gasteiger partial charge in [0, 0.05) is 28.9 Å². The molecule has 1 aliphatic heterocycles. The van der Waals surface area contributed by atoms with Crippen LogP contribution in [0.15, 0.2) is 66.7 Å². The van der Waals surface area contributed by atoms with Crippen LogP contribution in [0, 0.1) is 0 Å². The molecule has 0 saturated carbocycles. The molecule has 3 aromatic rings. The third kappa shape index (κ3) is 3.83. The van der Waals surface area contributed by atoms with E-state index >= 15 is 0 Å². The molecule has 0 unspecified atom stereocenters. The zero-order valence-electron chi connectivity index (χ0n) is 14.8. The van der Waals surface area contributed by atoms with Gasteiger partial charge in [0.15, 0.2) is 0 Å². The molecule has 0 aliphatic carbocycles. The van der Waals surface area contributed by atoms with Gasteiger partial charge >= 0.3 is 0 Å². The number of nitrogens with one attached hydrogen (secondary N) is 2. The molecule has 5 heteroatoms. The highest BCUT2D eigenvalue weighted by Crippen LogP contribution is 2.24. The Kier molecular flexibility index (Phi) is 4.85. The Bertz CT molecular complexity index is 988. The van der Waals surface area contributed by atoms with E-state index in [-0.39, 0.29) is 11.8 Å². The zero-order chi connectivity index (χ0) is 18.6. The van der Waals surface area contributed by atoms with Crippen LogP contribution >= 0.6 is 0 Å². The van der Waals surface area contributed by atoms with E-state index < -0.39 is 6.10 Å². The van der Waals surface area contributed by atoms with Crippen molar-refractivity contribution in [3.8, 4) is 0 Å². The zero-order valence-corrected chi connectivity index (χ0v) is 14.8. The first-order chi connectivity index (χ1) is 13.2. The topological polar surface area (TPSA) is 67.4 Å². The molecule has 2 N–H and O–H groups in total. The van der Waals surface area contributed by atoms with Gasteiger partial charge in [-0.15, -0.1) is 0 Å². The lowest BCUT2D eigenvalue weighted by molar-refractivity contribution is -0.124. The highest BCUT2D eigenvalue weighted by molar-refractivity contribution is 6.09. The predicted molar refractivity (Wildman–Crippen MR) is 106 cm³/mol. The molecular weight excluding hydrogens is 340 g/mol. The summed E-state index contributed by atoms with van der Waals surface area (Å²) in [4.78, 5) is 24.9. The second-order valence-corrected chi connectivity index (χ2v) is 6.55. The Morgan fingerprint density at radius 1 is 0.926 bits per heavy atom. The molecule has 136 valence electrons. The molecule has 1 atom stereocenters. The smallest absolute Gasteiger partial charge is 0.255 e. The minimum absolute atomic E-state index is 0.167. The number of rotatable bonds is 4. The highest BCUT2D eigenvalue weighted by atomic mass is 16.5. The Morgan fingerprint density at radius 2 is 1.74 bits per heavy atom. The van der Waals surface area contributed by atoms with Crippen molar-refractivity contribution < 1.29 is 14.3 Å². The van der Waals surface area contributed by atoms with Crippen LogP contribution in [0.25, 0.3) is 10.8 Å². The van der Waals surface area contributed by atoms with E-state index in [1.54, 1.807) is 24.3 Å². The van der Waals surface area contributed by atoms with Gasteiger partial charge in [0.05, 0.1) is 0 Å². The number of ether oxygens (including phenoxy) is 1. The third-order valence-corrected chi connectivity index (χ3v) is 4.65. The van der Waals surface area contributed by atoms with Gasteiger partial charge in [-0.05, 0) is 42.5 Å². The van der Waals surface area contributed by atoms with Crippen molar-refractivity contribution in [1.82, 2.24) is 0 Å². The van der Waals surface area contributed by atoms with Crippen molar-refractivity contribution >= 4 is 34.0 Å². The molecule has 0 spiro atoms. The number of carbonyl (C=O) groups is 2. The fourth-order valence-electron chi connectivity index (χ4n) is 3.27. The summed E-state index contributed by atoms with van der Waals surface area (Å²) in [6.45, 7) is 0.617. The van der Waals surface area contributed by atoms with E-state index in [1.807, 2.05) is 42.5 Å². The number of anilines is 2. The maximum Gasteiger partial charge on any atom is 0.255 e. The fraction of sp³-hybridized carbons (Fsp3) is 0.182. The maximum absolute atomic E-state index is 12.7. The van der Waals surface area contributed by atoms with Gasteiger partial charge in [0.25, 0.3) is 11.8 Å². The predicted octanol–water partition coefficient (Wildman–Crippen LogP) is 4.21. The molecule has 1 fully saturated rings. The van der Waals surface area contributed by atoms with Gasteiger partial charge < -0.3 is 15.4 Å². The molecule has 27 heavy (non-hydrogen) atoms. The molecular formula is C22H20N2O3. The first-order valence-corrected chi connectivity index (χ1v) is 9.02. The van der Waals surface area contributed by atoms with Crippen molar-refractivity contribution in [2.24, 2.45) is 0 Å². The van der Waals surface area contributed by atoms with Crippen LogP contribution in [0.3, 0.4) is 0 Å². The van der Waals surface area contributed by atoms with Crippen molar-refractivity contribution in [1.29, 1.82) is 0 Å². The van der Waals surface area contributed by atoms with Gasteiger partial charge in [0.2, 0.25) is 0 Å². The summed E-state index contributed by atoms with van der Waals surface area (Å²) < 4.78 is 5.39. The summed E-state index contributed by atoms with van der Waals surface area (Å²) in [5, 5.41) is 7.83. The monoisotopic (exact) mass is 360 g/mol. The summed E-state index contributed by atoms with van der Waals surface area (Å²) in [7, 11) is 0. The lowest BCUT2D eigenvalue weighted by Crippen LogP contribution is -2.27. The Balaban J connectivity index is 1.51. The van der Waals surface area contributed by atoms with Crippen molar-refractivity contribution in [3.63, 3.8) is 0 Å². The van der Waals surface area contributed by atoms with Gasteiger partial charge in [0.1, 0.15) is 6.10 Å². The van der Waals surface area contributed by atoms with Crippen LogP contribution < -0.4 is 10.6 Å². The second-order valence-electron chi connectivity index (χ2n) is 6.55. The molecule has 0 bridgehead atoms. The quantitative estimate of drug-likeness (QED) is 0.732. The number of amides is 2. The molecule has 4 rings (SSSR count). The summed E-state index contributed by atoms with van der Waals surface area (Å²) in [6, 6.07) is 20.6. The maximum atomic E-state index is 12.7.